The van der Waals surface area contributed by atoms with Gasteiger partial charge in [0.15, 0.2) is 17.0 Å². The number of aromatic nitrogens is 6. The van der Waals surface area contributed by atoms with Crippen molar-refractivity contribution in [3.63, 3.8) is 0 Å². The van der Waals surface area contributed by atoms with Crippen molar-refractivity contribution in [2.24, 2.45) is 5.92 Å². The van der Waals surface area contributed by atoms with Crippen molar-refractivity contribution < 1.29 is 14.3 Å². The summed E-state index contributed by atoms with van der Waals surface area (Å²) in [5, 5.41) is 11.7. The van der Waals surface area contributed by atoms with Gasteiger partial charge in [0, 0.05) is 24.4 Å². The predicted molar refractivity (Wildman–Crippen MR) is 121 cm³/mol. The van der Waals surface area contributed by atoms with Gasteiger partial charge in [0.1, 0.15) is 5.60 Å². The number of carbonyl (C=O) groups is 2. The summed E-state index contributed by atoms with van der Waals surface area (Å²) in [6, 6.07) is 1.71. The molecule has 1 aliphatic heterocycles. The van der Waals surface area contributed by atoms with Crippen LogP contribution in [0.15, 0.2) is 24.7 Å². The van der Waals surface area contributed by atoms with E-state index in [1.165, 1.54) is 0 Å². The highest BCUT2D eigenvalue weighted by Crippen LogP contribution is 2.33. The maximum absolute atomic E-state index is 12.4. The van der Waals surface area contributed by atoms with Crippen LogP contribution in [0.2, 0.25) is 0 Å². The monoisotopic (exact) mass is 463 g/mol. The highest BCUT2D eigenvalue weighted by molar-refractivity contribution is 5.92. The number of fused-ring (bicyclic) bond motifs is 1. The zero-order valence-electron chi connectivity index (χ0n) is 19.2. The molecule has 3 aromatic heterocycles. The summed E-state index contributed by atoms with van der Waals surface area (Å²) in [6.45, 7) is 13.7. The molecule has 1 saturated heterocycles. The van der Waals surface area contributed by atoms with Gasteiger partial charge >= 0.3 is 6.09 Å². The smallest absolute Gasteiger partial charge is 0.410 e. The molecule has 0 spiro atoms. The van der Waals surface area contributed by atoms with Crippen LogP contribution < -0.4 is 5.32 Å². The van der Waals surface area contributed by atoms with E-state index in [0.29, 0.717) is 30.1 Å². The fraction of sp³-hybridized carbons (Fsp3) is 0.500. The van der Waals surface area contributed by atoms with Gasteiger partial charge in [0.2, 0.25) is 18.4 Å². The van der Waals surface area contributed by atoms with Crippen molar-refractivity contribution in [1.29, 1.82) is 0 Å². The Kier molecular flexibility index (Phi) is 5.00. The third-order valence-corrected chi connectivity index (χ3v) is 5.76. The minimum Gasteiger partial charge on any atom is -0.444 e. The lowest BCUT2D eigenvalue weighted by Gasteiger charge is -2.46. The molecule has 0 radical (unpaired) electrons. The van der Waals surface area contributed by atoms with Gasteiger partial charge in [-0.2, -0.15) is 14.6 Å². The molecule has 1 aliphatic carbocycles. The van der Waals surface area contributed by atoms with Gasteiger partial charge in [0.05, 0.1) is 24.8 Å². The van der Waals surface area contributed by atoms with Crippen molar-refractivity contribution in [1.82, 2.24) is 34.3 Å². The van der Waals surface area contributed by atoms with Crippen molar-refractivity contribution in [3.05, 3.63) is 36.1 Å². The van der Waals surface area contributed by atoms with E-state index in [9.17, 15) is 9.59 Å². The third kappa shape index (κ3) is 4.05. The zero-order valence-corrected chi connectivity index (χ0v) is 19.2. The summed E-state index contributed by atoms with van der Waals surface area (Å²) < 4.78 is 8.71. The topological polar surface area (TPSA) is 124 Å². The van der Waals surface area contributed by atoms with Gasteiger partial charge in [-0.3, -0.25) is 14.8 Å². The van der Waals surface area contributed by atoms with E-state index in [2.05, 4.69) is 30.3 Å². The van der Waals surface area contributed by atoms with Gasteiger partial charge in [-0.05, 0) is 33.6 Å². The Morgan fingerprint density at radius 3 is 2.76 bits per heavy atom. The van der Waals surface area contributed by atoms with Gasteiger partial charge in [-0.25, -0.2) is 16.4 Å². The molecule has 12 heteroatoms. The van der Waals surface area contributed by atoms with Crippen molar-refractivity contribution in [3.8, 4) is 11.4 Å². The van der Waals surface area contributed by atoms with Crippen LogP contribution in [0.5, 0.6) is 0 Å². The summed E-state index contributed by atoms with van der Waals surface area (Å²) >= 11 is 0. The number of hydrogen-bond donors (Lipinski definition) is 1. The molecule has 0 atom stereocenters. The number of anilines is 1. The molecule has 2 amide bonds. The number of carbonyl (C=O) groups excluding carboxylic acids is 2. The Morgan fingerprint density at radius 1 is 1.32 bits per heavy atom. The van der Waals surface area contributed by atoms with Crippen molar-refractivity contribution in [2.75, 3.05) is 25.0 Å². The van der Waals surface area contributed by atoms with Gasteiger partial charge in [0.25, 0.3) is 0 Å². The second kappa shape index (κ2) is 7.79. The van der Waals surface area contributed by atoms with Gasteiger partial charge in [-0.1, -0.05) is 0 Å². The van der Waals surface area contributed by atoms with E-state index in [-0.39, 0.29) is 24.3 Å². The lowest BCUT2D eigenvalue weighted by atomic mass is 9.90. The van der Waals surface area contributed by atoms with Crippen LogP contribution in [0.25, 0.3) is 21.9 Å². The van der Waals surface area contributed by atoms with E-state index in [0.717, 1.165) is 12.8 Å². The fourth-order valence-electron chi connectivity index (χ4n) is 3.91. The molecular formula is C22H25N9O3. The second-order valence-corrected chi connectivity index (χ2v) is 9.79. The molecule has 3 aromatic rings. The Bertz CT molecular complexity index is 1300. The van der Waals surface area contributed by atoms with Crippen LogP contribution in [0.3, 0.4) is 0 Å². The number of nitrogens with zero attached hydrogens (tertiary/aromatic N) is 8. The maximum atomic E-state index is 12.4. The molecular weight excluding hydrogens is 438 g/mol. The molecule has 12 nitrogen and oxygen atoms in total. The molecule has 2 fully saturated rings. The number of ether oxygens (including phenoxy) is 1. The molecule has 0 aromatic carbocycles. The van der Waals surface area contributed by atoms with Gasteiger partial charge < -0.3 is 14.5 Å². The summed E-state index contributed by atoms with van der Waals surface area (Å²) in [4.78, 5) is 38.4. The Balaban J connectivity index is 1.38. The zero-order chi connectivity index (χ0) is 24.1. The summed E-state index contributed by atoms with van der Waals surface area (Å²) in [5.74, 6) is 0.710. The normalized spacial score (nSPS) is 17.2. The molecule has 34 heavy (non-hydrogen) atoms. The summed E-state index contributed by atoms with van der Waals surface area (Å²) in [5.41, 5.74) is -0.0148. The van der Waals surface area contributed by atoms with Crippen molar-refractivity contribution >= 4 is 23.6 Å². The molecule has 0 unspecified atom stereocenters. The molecule has 1 saturated carbocycles. The first kappa shape index (κ1) is 21.8. The number of rotatable bonds is 5. The van der Waals surface area contributed by atoms with E-state index < -0.39 is 17.2 Å². The van der Waals surface area contributed by atoms with Crippen LogP contribution in [0.4, 0.5) is 10.7 Å². The number of hydrogen-bond acceptors (Lipinski definition) is 7. The third-order valence-electron chi connectivity index (χ3n) is 5.76. The average Bonchev–Trinajstić information content (AvgIpc) is 3.33. The number of amides is 2. The van der Waals surface area contributed by atoms with Gasteiger partial charge in [-0.15, -0.1) is 5.10 Å². The number of likely N-dealkylation sites (tertiary alicyclic amines) is 1. The van der Waals surface area contributed by atoms with Crippen molar-refractivity contribution in [2.45, 2.75) is 44.8 Å². The lowest BCUT2D eigenvalue weighted by molar-refractivity contribution is -0.117. The molecule has 1 N–H and O–H groups in total. The van der Waals surface area contributed by atoms with E-state index in [1.807, 2.05) is 20.8 Å². The minimum atomic E-state index is -0.642. The lowest BCUT2D eigenvalue weighted by Crippen LogP contribution is -2.66. The predicted octanol–water partition coefficient (Wildman–Crippen LogP) is 2.20. The molecule has 5 rings (SSSR count). The SMILES string of the molecule is [C-]#[N+]CC1(n2cc(-c3nccc4nc(NC(=O)C5CC5)nn34)cn2)CN(C(=O)OC(C)(C)C)C1. The largest absolute Gasteiger partial charge is 0.444 e. The van der Waals surface area contributed by atoms with Crippen LogP contribution in [0, 0.1) is 12.5 Å². The first-order valence-electron chi connectivity index (χ1n) is 11.1. The van der Waals surface area contributed by atoms with E-state index in [4.69, 9.17) is 11.3 Å². The maximum Gasteiger partial charge on any atom is 0.410 e. The van der Waals surface area contributed by atoms with Crippen LogP contribution in [-0.4, -0.2) is 71.5 Å². The first-order valence-corrected chi connectivity index (χ1v) is 11.1. The number of nitrogens with one attached hydrogen (secondary N) is 1. The summed E-state index contributed by atoms with van der Waals surface area (Å²) in [7, 11) is 0. The highest BCUT2D eigenvalue weighted by atomic mass is 16.6. The van der Waals surface area contributed by atoms with Crippen LogP contribution in [-0.2, 0) is 15.1 Å². The van der Waals surface area contributed by atoms with Crippen LogP contribution >= 0.6 is 0 Å². The molecule has 2 aliphatic rings. The fourth-order valence-corrected chi connectivity index (χ4v) is 3.91. The first-order chi connectivity index (χ1) is 16.2. The standard InChI is InChI=1S/C22H25N9O3/c1-21(2,3)34-20(33)29-12-22(13-29,11-23-4)30-10-15(9-25-30)17-24-8-7-16-26-19(28-31(16)17)27-18(32)14-5-6-14/h7-10,14H,5-6,11-13H2,1-3H3,(H,27,28,32). The molecule has 0 bridgehead atoms. The quantitative estimate of drug-likeness (QED) is 0.575. The summed E-state index contributed by atoms with van der Waals surface area (Å²) in [6.07, 6.45) is 6.43. The highest BCUT2D eigenvalue weighted by Gasteiger charge is 2.51. The molecule has 176 valence electrons. The Hall–Kier alpha value is -4.01. The Morgan fingerprint density at radius 2 is 2.09 bits per heavy atom. The van der Waals surface area contributed by atoms with Crippen LogP contribution in [0.1, 0.15) is 33.6 Å². The molecule has 4 heterocycles. The van der Waals surface area contributed by atoms with E-state index in [1.54, 1.807) is 38.8 Å². The second-order valence-electron chi connectivity index (χ2n) is 9.79. The van der Waals surface area contributed by atoms with E-state index >= 15 is 0 Å². The Labute approximate surface area is 195 Å². The average molecular weight is 464 g/mol. The minimum absolute atomic E-state index is 0.0452.